The van der Waals surface area contributed by atoms with Crippen LogP contribution in [0.15, 0.2) is 24.0 Å². The van der Waals surface area contributed by atoms with E-state index in [1.807, 2.05) is 27.0 Å². The van der Waals surface area contributed by atoms with Gasteiger partial charge in [0.05, 0.1) is 11.0 Å². The van der Waals surface area contributed by atoms with Gasteiger partial charge in [-0.1, -0.05) is 19.9 Å². The third kappa shape index (κ3) is 4.26. The molecule has 5 rings (SSSR count). The van der Waals surface area contributed by atoms with Crippen molar-refractivity contribution in [3.8, 4) is 11.5 Å². The minimum atomic E-state index is -1.31. The predicted molar refractivity (Wildman–Crippen MR) is 141 cm³/mol. The number of rotatable bonds is 8. The summed E-state index contributed by atoms with van der Waals surface area (Å²) >= 11 is 0. The maximum atomic E-state index is 13.2. The van der Waals surface area contributed by atoms with E-state index in [-0.39, 0.29) is 36.3 Å². The lowest BCUT2D eigenvalue weighted by atomic mass is 9.50. The van der Waals surface area contributed by atoms with Crippen LogP contribution in [0.3, 0.4) is 0 Å². The van der Waals surface area contributed by atoms with Crippen molar-refractivity contribution in [2.24, 2.45) is 5.92 Å². The van der Waals surface area contributed by atoms with E-state index in [9.17, 15) is 29.7 Å². The molecule has 11 nitrogen and oxygen atoms in total. The molecular weight excluding hydrogens is 520 g/mol. The van der Waals surface area contributed by atoms with E-state index in [4.69, 9.17) is 14.2 Å². The minimum Gasteiger partial charge on any atom is -0.504 e. The van der Waals surface area contributed by atoms with Crippen LogP contribution in [-0.2, 0) is 35.7 Å². The summed E-state index contributed by atoms with van der Waals surface area (Å²) in [4.78, 5) is 40.2. The number of hydrogen-bond donors (Lipinski definition) is 4. The van der Waals surface area contributed by atoms with E-state index in [0.717, 1.165) is 11.1 Å². The van der Waals surface area contributed by atoms with Crippen LogP contribution in [0.4, 0.5) is 0 Å². The summed E-state index contributed by atoms with van der Waals surface area (Å²) in [6.07, 6.45) is -0.216. The monoisotopic (exact) mass is 558 g/mol. The molecule has 2 bridgehead atoms. The molecule has 40 heavy (non-hydrogen) atoms. The quantitative estimate of drug-likeness (QED) is 0.341. The maximum absolute atomic E-state index is 13.2. The van der Waals surface area contributed by atoms with Gasteiger partial charge in [-0.25, -0.2) is 9.59 Å². The third-order valence-electron chi connectivity index (χ3n) is 8.88. The number of nitrogens with one attached hydrogen (secondary N) is 1. The fourth-order valence-corrected chi connectivity index (χ4v) is 6.92. The molecule has 0 aromatic heterocycles. The lowest BCUT2D eigenvalue weighted by Gasteiger charge is -2.61. The number of aliphatic hydroxyl groups excluding tert-OH is 1. The number of carbonyl (C=O) groups excluding carboxylic acids is 3. The Morgan fingerprint density at radius 3 is 2.60 bits per heavy atom. The number of amides is 1. The molecule has 1 saturated heterocycles. The van der Waals surface area contributed by atoms with Gasteiger partial charge in [0.25, 0.3) is 0 Å². The molecule has 2 heterocycles. The van der Waals surface area contributed by atoms with Crippen molar-refractivity contribution in [2.75, 3.05) is 13.6 Å². The van der Waals surface area contributed by atoms with Gasteiger partial charge in [-0.3, -0.25) is 4.79 Å². The Morgan fingerprint density at radius 1 is 1.20 bits per heavy atom. The highest BCUT2D eigenvalue weighted by molar-refractivity contribution is 5.88. The fraction of sp³-hybridized carbons (Fsp3) is 0.621. The van der Waals surface area contributed by atoms with Gasteiger partial charge in [-0.15, -0.1) is 0 Å². The Morgan fingerprint density at radius 2 is 1.93 bits per heavy atom. The number of phenolic OH excluding ortho intramolecular Hbond substituents is 1. The largest absolute Gasteiger partial charge is 0.504 e. The number of likely N-dealkylation sites (tertiary alicyclic amines) is 1. The molecule has 7 atom stereocenters. The lowest BCUT2D eigenvalue weighted by Crippen LogP contribution is -2.74. The topological polar surface area (TPSA) is 155 Å². The van der Waals surface area contributed by atoms with Crippen molar-refractivity contribution in [3.05, 3.63) is 35.1 Å². The molecule has 1 aromatic rings. The van der Waals surface area contributed by atoms with Crippen molar-refractivity contribution in [3.63, 3.8) is 0 Å². The average Bonchev–Trinajstić information content (AvgIpc) is 3.24. The summed E-state index contributed by atoms with van der Waals surface area (Å²) in [5, 5.41) is 34.9. The van der Waals surface area contributed by atoms with E-state index in [0.29, 0.717) is 25.1 Å². The molecule has 1 amide bonds. The number of aromatic hydroxyl groups is 1. The molecule has 1 aromatic carbocycles. The number of ether oxygens (including phenoxy) is 3. The number of nitrogens with zero attached hydrogens (tertiary/aromatic N) is 1. The number of aliphatic hydroxyl groups is 2. The number of phenols is 1. The van der Waals surface area contributed by atoms with Crippen LogP contribution >= 0.6 is 0 Å². The summed E-state index contributed by atoms with van der Waals surface area (Å²) in [5.41, 5.74) is -0.349. The molecular formula is C29H38N2O9. The SMILES string of the molecule is CC(C)C[C@H](NC(=O)[C@H](C)O)C(=O)O[C@@H](C)C(=O)OC1=CC[C@@]2(O)[C@H]3Cc4ccc(O)c5c4C2(CCN3C)C1O5. The Bertz CT molecular complexity index is 1260. The Hall–Kier alpha value is -3.15. The van der Waals surface area contributed by atoms with E-state index in [2.05, 4.69) is 10.2 Å². The van der Waals surface area contributed by atoms with Crippen LogP contribution in [0, 0.1) is 5.92 Å². The van der Waals surface area contributed by atoms with Gasteiger partial charge < -0.3 is 39.7 Å². The fourth-order valence-electron chi connectivity index (χ4n) is 6.92. The van der Waals surface area contributed by atoms with Crippen molar-refractivity contribution >= 4 is 17.8 Å². The summed E-state index contributed by atoms with van der Waals surface area (Å²) in [7, 11) is 1.98. The molecule has 2 aliphatic heterocycles. The third-order valence-corrected chi connectivity index (χ3v) is 8.88. The lowest BCUT2D eigenvalue weighted by molar-refractivity contribution is -0.176. The first-order valence-corrected chi connectivity index (χ1v) is 13.9. The number of piperidine rings is 1. The summed E-state index contributed by atoms with van der Waals surface area (Å²) < 4.78 is 17.4. The molecule has 1 fully saturated rings. The highest BCUT2D eigenvalue weighted by Gasteiger charge is 2.72. The van der Waals surface area contributed by atoms with Gasteiger partial charge in [0, 0.05) is 18.0 Å². The molecule has 11 heteroatoms. The zero-order chi connectivity index (χ0) is 29.1. The van der Waals surface area contributed by atoms with Crippen LogP contribution in [-0.4, -0.2) is 87.7 Å². The molecule has 0 saturated carbocycles. The zero-order valence-electron chi connectivity index (χ0n) is 23.5. The first-order chi connectivity index (χ1) is 18.8. The minimum absolute atomic E-state index is 0.0239. The second-order valence-electron chi connectivity index (χ2n) is 12.0. The van der Waals surface area contributed by atoms with Crippen LogP contribution in [0.5, 0.6) is 11.5 Å². The molecule has 218 valence electrons. The number of esters is 2. The smallest absolute Gasteiger partial charge is 0.352 e. The number of likely N-dealkylation sites (N-methyl/N-ethyl adjacent to an activating group) is 1. The Balaban J connectivity index is 1.37. The molecule has 0 radical (unpaired) electrons. The van der Waals surface area contributed by atoms with Crippen LogP contribution in [0.2, 0.25) is 0 Å². The van der Waals surface area contributed by atoms with Gasteiger partial charge in [0.2, 0.25) is 5.91 Å². The van der Waals surface area contributed by atoms with Gasteiger partial charge in [-0.2, -0.15) is 0 Å². The van der Waals surface area contributed by atoms with Gasteiger partial charge >= 0.3 is 11.9 Å². The maximum Gasteiger partial charge on any atom is 0.352 e. The van der Waals surface area contributed by atoms with Crippen LogP contribution in [0.25, 0.3) is 0 Å². The molecule has 4 aliphatic rings. The normalized spacial score (nSPS) is 30.4. The van der Waals surface area contributed by atoms with Gasteiger partial charge in [0.15, 0.2) is 23.7 Å². The van der Waals surface area contributed by atoms with Crippen molar-refractivity contribution in [2.45, 2.75) is 94.8 Å². The number of carbonyl (C=O) groups is 3. The van der Waals surface area contributed by atoms with Gasteiger partial charge in [0.1, 0.15) is 17.9 Å². The van der Waals surface area contributed by atoms with Crippen LogP contribution in [0.1, 0.15) is 58.1 Å². The predicted octanol–water partition coefficient (Wildman–Crippen LogP) is 1.06. The van der Waals surface area contributed by atoms with E-state index >= 15 is 0 Å². The molecule has 2 unspecified atom stereocenters. The number of benzene rings is 1. The first-order valence-electron chi connectivity index (χ1n) is 13.9. The summed E-state index contributed by atoms with van der Waals surface area (Å²) in [6, 6.07) is 2.22. The summed E-state index contributed by atoms with van der Waals surface area (Å²) in [5.74, 6) is -1.89. The van der Waals surface area contributed by atoms with Crippen molar-refractivity contribution in [1.82, 2.24) is 10.2 Å². The average molecular weight is 559 g/mol. The Labute approximate surface area is 233 Å². The van der Waals surface area contributed by atoms with Crippen LogP contribution < -0.4 is 10.1 Å². The van der Waals surface area contributed by atoms with Crippen molar-refractivity contribution in [1.29, 1.82) is 0 Å². The zero-order valence-corrected chi connectivity index (χ0v) is 23.5. The van der Waals surface area contributed by atoms with Crippen molar-refractivity contribution < 1.29 is 43.9 Å². The second kappa shape index (κ2) is 10.0. The molecule has 1 spiro atoms. The van der Waals surface area contributed by atoms with E-state index in [1.165, 1.54) is 13.8 Å². The van der Waals surface area contributed by atoms with Gasteiger partial charge in [-0.05, 0) is 70.3 Å². The highest BCUT2D eigenvalue weighted by atomic mass is 16.6. The molecule has 4 N–H and O–H groups in total. The highest BCUT2D eigenvalue weighted by Crippen LogP contribution is 2.65. The summed E-state index contributed by atoms with van der Waals surface area (Å²) in [6.45, 7) is 7.08. The second-order valence-corrected chi connectivity index (χ2v) is 12.0. The van der Waals surface area contributed by atoms with E-state index in [1.54, 1.807) is 12.1 Å². The standard InChI is InChI=1S/C29H38N2O9/c1-14(2)12-18(30-25(34)15(3)32)27(36)38-16(4)26(35)39-20-8-9-29(37)21-13-17-6-7-19(33)23-22(17)28(29,24(20)40-23)10-11-31(21)5/h6-8,14-16,18,21,24,32-33,37H,9-13H2,1-5H3,(H,30,34)/t15-,16-,18-,21+,24?,28?,29+/m0/s1. The Kier molecular flexibility index (Phi) is 7.12. The first kappa shape index (κ1) is 28.4. The molecule has 2 aliphatic carbocycles. The number of hydrogen-bond acceptors (Lipinski definition) is 10. The van der Waals surface area contributed by atoms with E-state index < -0.39 is 53.2 Å².